The zero-order chi connectivity index (χ0) is 17.8. The maximum Gasteiger partial charge on any atom is 0.188 e. The van der Waals surface area contributed by atoms with Crippen molar-refractivity contribution in [1.29, 1.82) is 0 Å². The quantitative estimate of drug-likeness (QED) is 0.631. The Morgan fingerprint density at radius 2 is 2.08 bits per heavy atom. The predicted molar refractivity (Wildman–Crippen MR) is 101 cm³/mol. The first-order chi connectivity index (χ1) is 12.0. The second-order valence-corrected chi connectivity index (χ2v) is 7.76. The van der Waals surface area contributed by atoms with Crippen LogP contribution in [0.25, 0.3) is 0 Å². The summed E-state index contributed by atoms with van der Waals surface area (Å²) in [5.41, 5.74) is 7.05. The van der Waals surface area contributed by atoms with Gasteiger partial charge in [0.15, 0.2) is 5.96 Å². The first-order valence-electron chi connectivity index (χ1n) is 9.26. The topological polar surface area (TPSA) is 53.6 Å². The summed E-state index contributed by atoms with van der Waals surface area (Å²) in [5, 5.41) is 3.53. The van der Waals surface area contributed by atoms with Crippen molar-refractivity contribution in [3.63, 3.8) is 0 Å². The Labute approximate surface area is 154 Å². The number of hydrogen-bond donors (Lipinski definition) is 2. The van der Waals surface area contributed by atoms with Crippen LogP contribution in [0.15, 0.2) is 23.2 Å². The van der Waals surface area contributed by atoms with Crippen molar-refractivity contribution in [3.8, 4) is 0 Å². The molecule has 138 valence electrons. The Hall–Kier alpha value is -1.33. The highest BCUT2D eigenvalue weighted by Crippen LogP contribution is 2.37. The highest BCUT2D eigenvalue weighted by atomic mass is 35.5. The fraction of sp³-hybridized carbons (Fsp3) is 0.632. The molecule has 0 bridgehead atoms. The van der Waals surface area contributed by atoms with E-state index in [1.54, 1.807) is 12.1 Å². The van der Waals surface area contributed by atoms with Crippen LogP contribution in [-0.4, -0.2) is 37.0 Å². The van der Waals surface area contributed by atoms with Gasteiger partial charge in [-0.2, -0.15) is 0 Å². The van der Waals surface area contributed by atoms with Crippen LogP contribution in [0.3, 0.4) is 0 Å². The van der Waals surface area contributed by atoms with Crippen molar-refractivity contribution < 1.29 is 4.39 Å². The molecule has 2 aliphatic rings. The minimum Gasteiger partial charge on any atom is -0.370 e. The van der Waals surface area contributed by atoms with Gasteiger partial charge in [0.05, 0.1) is 5.02 Å². The molecule has 3 rings (SSSR count). The molecule has 0 spiro atoms. The van der Waals surface area contributed by atoms with E-state index in [1.165, 1.54) is 32.1 Å². The molecule has 1 aliphatic heterocycles. The molecule has 1 saturated carbocycles. The molecule has 1 saturated heterocycles. The zero-order valence-corrected chi connectivity index (χ0v) is 15.6. The zero-order valence-electron chi connectivity index (χ0n) is 14.8. The van der Waals surface area contributed by atoms with Crippen molar-refractivity contribution in [3.05, 3.63) is 34.6 Å². The molecule has 3 N–H and O–H groups in total. The molecule has 4 nitrogen and oxygen atoms in total. The van der Waals surface area contributed by atoms with Gasteiger partial charge in [-0.15, -0.1) is 0 Å². The van der Waals surface area contributed by atoms with E-state index >= 15 is 0 Å². The van der Waals surface area contributed by atoms with E-state index in [4.69, 9.17) is 17.3 Å². The summed E-state index contributed by atoms with van der Waals surface area (Å²) in [6, 6.07) is 5.72. The Morgan fingerprint density at radius 3 is 2.80 bits per heavy atom. The molecule has 0 aromatic heterocycles. The number of benzene rings is 1. The highest BCUT2D eigenvalue weighted by Gasteiger charge is 2.33. The molecular formula is C19H28ClFN4. The van der Waals surface area contributed by atoms with Crippen LogP contribution in [0.4, 0.5) is 4.39 Å². The molecule has 1 aliphatic carbocycles. The number of hydrogen-bond acceptors (Lipinski definition) is 2. The monoisotopic (exact) mass is 366 g/mol. The molecular weight excluding hydrogens is 339 g/mol. The second-order valence-electron chi connectivity index (χ2n) is 7.35. The highest BCUT2D eigenvalue weighted by molar-refractivity contribution is 6.30. The summed E-state index contributed by atoms with van der Waals surface area (Å²) < 4.78 is 13.9. The van der Waals surface area contributed by atoms with Gasteiger partial charge in [-0.25, -0.2) is 4.39 Å². The van der Waals surface area contributed by atoms with Crippen molar-refractivity contribution in [1.82, 2.24) is 10.2 Å². The minimum absolute atomic E-state index is 0.151. The fourth-order valence-corrected chi connectivity index (χ4v) is 4.28. The SMILES string of the molecule is CN1CCC(CN=C(N)NC2CCCCC2)C1c1ccc(Cl)c(F)c1. The Morgan fingerprint density at radius 1 is 1.32 bits per heavy atom. The molecule has 2 fully saturated rings. The molecule has 1 heterocycles. The standard InChI is InChI=1S/C19H28ClFN4/c1-25-10-9-14(18(25)13-7-8-16(20)17(21)11-13)12-23-19(22)24-15-5-3-2-4-6-15/h7-8,11,14-15,18H,2-6,9-10,12H2,1H3,(H3,22,23,24). The largest absolute Gasteiger partial charge is 0.370 e. The summed E-state index contributed by atoms with van der Waals surface area (Å²) in [5.74, 6) is 0.514. The van der Waals surface area contributed by atoms with E-state index in [1.807, 2.05) is 6.07 Å². The van der Waals surface area contributed by atoms with Crippen molar-refractivity contribution in [2.24, 2.45) is 16.6 Å². The molecule has 2 atom stereocenters. The van der Waals surface area contributed by atoms with Gasteiger partial charge in [-0.05, 0) is 56.5 Å². The van der Waals surface area contributed by atoms with Crippen molar-refractivity contribution >= 4 is 17.6 Å². The van der Waals surface area contributed by atoms with E-state index < -0.39 is 0 Å². The number of nitrogens with one attached hydrogen (secondary N) is 1. The van der Waals surface area contributed by atoms with Crippen LogP contribution < -0.4 is 11.1 Å². The molecule has 0 radical (unpaired) electrons. The van der Waals surface area contributed by atoms with Crippen LogP contribution in [0.2, 0.25) is 5.02 Å². The lowest BCUT2D eigenvalue weighted by Crippen LogP contribution is -2.41. The molecule has 25 heavy (non-hydrogen) atoms. The van der Waals surface area contributed by atoms with Gasteiger partial charge in [0.1, 0.15) is 5.82 Å². The van der Waals surface area contributed by atoms with Crippen LogP contribution in [-0.2, 0) is 0 Å². The number of rotatable bonds is 4. The van der Waals surface area contributed by atoms with Crippen LogP contribution >= 0.6 is 11.6 Å². The Bertz CT molecular complexity index is 615. The van der Waals surface area contributed by atoms with Crippen LogP contribution in [0, 0.1) is 11.7 Å². The molecule has 0 amide bonds. The van der Waals surface area contributed by atoms with Crippen molar-refractivity contribution in [2.45, 2.75) is 50.6 Å². The first kappa shape index (κ1) is 18.5. The van der Waals surface area contributed by atoms with E-state index in [2.05, 4.69) is 22.3 Å². The van der Waals surface area contributed by atoms with Gasteiger partial charge in [0.2, 0.25) is 0 Å². The van der Waals surface area contributed by atoms with Gasteiger partial charge >= 0.3 is 0 Å². The van der Waals surface area contributed by atoms with E-state index in [0.29, 0.717) is 24.5 Å². The van der Waals surface area contributed by atoms with Crippen LogP contribution in [0.1, 0.15) is 50.1 Å². The maximum absolute atomic E-state index is 13.9. The molecule has 2 unspecified atom stereocenters. The number of halogens is 2. The summed E-state index contributed by atoms with van der Waals surface area (Å²) in [4.78, 5) is 6.84. The summed E-state index contributed by atoms with van der Waals surface area (Å²) >= 11 is 5.82. The Balaban J connectivity index is 1.63. The summed E-state index contributed by atoms with van der Waals surface area (Å²) in [6.07, 6.45) is 7.24. The lowest BCUT2D eigenvalue weighted by molar-refractivity contribution is 0.279. The van der Waals surface area contributed by atoms with Gasteiger partial charge in [-0.1, -0.05) is 36.9 Å². The van der Waals surface area contributed by atoms with E-state index in [0.717, 1.165) is 18.5 Å². The van der Waals surface area contributed by atoms with Gasteiger partial charge in [0.25, 0.3) is 0 Å². The number of nitrogens with zero attached hydrogens (tertiary/aromatic N) is 2. The number of aliphatic imine (C=N–C) groups is 1. The first-order valence-corrected chi connectivity index (χ1v) is 9.64. The second kappa shape index (κ2) is 8.37. The third kappa shape index (κ3) is 4.64. The lowest BCUT2D eigenvalue weighted by atomic mass is 9.93. The fourth-order valence-electron chi connectivity index (χ4n) is 4.16. The average Bonchev–Trinajstić information content (AvgIpc) is 2.97. The minimum atomic E-state index is -0.361. The van der Waals surface area contributed by atoms with Gasteiger partial charge in [-0.3, -0.25) is 9.89 Å². The third-order valence-corrected chi connectivity index (χ3v) is 5.82. The van der Waals surface area contributed by atoms with Crippen molar-refractivity contribution in [2.75, 3.05) is 20.1 Å². The van der Waals surface area contributed by atoms with Gasteiger partial charge in [0, 0.05) is 18.6 Å². The van der Waals surface area contributed by atoms with Crippen LogP contribution in [0.5, 0.6) is 0 Å². The smallest absolute Gasteiger partial charge is 0.188 e. The molecule has 6 heteroatoms. The molecule has 1 aromatic carbocycles. The van der Waals surface area contributed by atoms with Gasteiger partial charge < -0.3 is 11.1 Å². The normalized spacial score (nSPS) is 26.1. The maximum atomic E-state index is 13.9. The summed E-state index contributed by atoms with van der Waals surface area (Å²) in [6.45, 7) is 1.63. The number of likely N-dealkylation sites (tertiary alicyclic amines) is 1. The van der Waals surface area contributed by atoms with E-state index in [-0.39, 0.29) is 16.9 Å². The molecule has 1 aromatic rings. The Kier molecular flexibility index (Phi) is 6.18. The third-order valence-electron chi connectivity index (χ3n) is 5.51. The lowest BCUT2D eigenvalue weighted by Gasteiger charge is -2.26. The van der Waals surface area contributed by atoms with E-state index in [9.17, 15) is 4.39 Å². The number of guanidine groups is 1. The summed E-state index contributed by atoms with van der Waals surface area (Å²) in [7, 11) is 2.07. The predicted octanol–water partition coefficient (Wildman–Crippen LogP) is 3.71. The average molecular weight is 367 g/mol. The number of nitrogens with two attached hydrogens (primary N) is 1.